The predicted octanol–water partition coefficient (Wildman–Crippen LogP) is 3.62. The fourth-order valence-electron chi connectivity index (χ4n) is 2.47. The van der Waals surface area contributed by atoms with E-state index in [2.05, 4.69) is 4.72 Å². The van der Waals surface area contributed by atoms with Gasteiger partial charge < -0.3 is 0 Å². The van der Waals surface area contributed by atoms with Crippen molar-refractivity contribution in [2.24, 2.45) is 0 Å². The largest absolute Gasteiger partial charge is 0.246 e. The number of hydrogen-bond donors (Lipinski definition) is 1. The third kappa shape index (κ3) is 3.24. The Bertz CT molecular complexity index is 836. The Morgan fingerprint density at radius 2 is 1.78 bits per heavy atom. The zero-order valence-electron chi connectivity index (χ0n) is 11.7. The van der Waals surface area contributed by atoms with Crippen molar-refractivity contribution < 1.29 is 21.6 Å². The van der Waals surface area contributed by atoms with E-state index in [-0.39, 0.29) is 0 Å². The molecule has 2 aromatic carbocycles. The van der Waals surface area contributed by atoms with Crippen molar-refractivity contribution in [3.05, 3.63) is 59.4 Å². The quantitative estimate of drug-likeness (QED) is 0.911. The minimum Gasteiger partial charge on any atom is -0.207 e. The summed E-state index contributed by atoms with van der Waals surface area (Å²) in [7, 11) is -4.41. The molecule has 0 radical (unpaired) electrons. The Balaban J connectivity index is 1.98. The van der Waals surface area contributed by atoms with Gasteiger partial charge in [-0.05, 0) is 48.1 Å². The van der Waals surface area contributed by atoms with Crippen LogP contribution in [0.1, 0.15) is 18.0 Å². The Morgan fingerprint density at radius 1 is 1.09 bits per heavy atom. The zero-order valence-corrected chi connectivity index (χ0v) is 13.4. The highest BCUT2D eigenvalue weighted by atomic mass is 32.2. The first-order chi connectivity index (χ1) is 10.9. The number of thioether (sulfide) groups is 1. The highest BCUT2D eigenvalue weighted by Crippen LogP contribution is 2.37. The second-order valence-electron chi connectivity index (χ2n) is 5.04. The van der Waals surface area contributed by atoms with E-state index in [4.69, 9.17) is 0 Å². The molecule has 1 aliphatic rings. The first-order valence-corrected chi connectivity index (χ1v) is 9.24. The third-order valence-electron chi connectivity index (χ3n) is 3.50. The summed E-state index contributed by atoms with van der Waals surface area (Å²) in [6.45, 7) is 0. The summed E-state index contributed by atoms with van der Waals surface area (Å²) in [5, 5.41) is 0. The van der Waals surface area contributed by atoms with Crippen molar-refractivity contribution in [1.29, 1.82) is 0 Å². The van der Waals surface area contributed by atoms with Crippen LogP contribution < -0.4 is 4.72 Å². The van der Waals surface area contributed by atoms with E-state index in [1.807, 2.05) is 0 Å². The van der Waals surface area contributed by atoms with Crippen molar-refractivity contribution in [3.63, 3.8) is 0 Å². The van der Waals surface area contributed by atoms with Crippen LogP contribution in [0.2, 0.25) is 0 Å². The monoisotopic (exact) mass is 359 g/mol. The minimum absolute atomic E-state index is 0.399. The molecule has 0 aromatic heterocycles. The average molecular weight is 359 g/mol. The molecule has 1 atom stereocenters. The molecule has 1 heterocycles. The van der Waals surface area contributed by atoms with Gasteiger partial charge in [0.1, 0.15) is 17.5 Å². The molecule has 3 nitrogen and oxygen atoms in total. The SMILES string of the molecule is O=S(=O)(NC1CCSc2ccc(F)cc21)c1c(F)cccc1F. The van der Waals surface area contributed by atoms with Gasteiger partial charge in [0, 0.05) is 10.9 Å². The van der Waals surface area contributed by atoms with Gasteiger partial charge in [-0.25, -0.2) is 26.3 Å². The molecule has 1 unspecified atom stereocenters. The summed E-state index contributed by atoms with van der Waals surface area (Å²) in [4.78, 5) is -0.268. The summed E-state index contributed by atoms with van der Waals surface area (Å²) in [5.41, 5.74) is 0.474. The number of nitrogens with one attached hydrogen (secondary N) is 1. The number of hydrogen-bond acceptors (Lipinski definition) is 3. The van der Waals surface area contributed by atoms with Crippen LogP contribution in [0, 0.1) is 17.5 Å². The van der Waals surface area contributed by atoms with Crippen LogP contribution in [0.4, 0.5) is 13.2 Å². The van der Waals surface area contributed by atoms with Gasteiger partial charge in [-0.15, -0.1) is 11.8 Å². The number of benzene rings is 2. The fourth-order valence-corrected chi connectivity index (χ4v) is 4.97. The molecule has 2 aromatic rings. The first kappa shape index (κ1) is 16.4. The number of halogens is 3. The Morgan fingerprint density at radius 3 is 2.48 bits per heavy atom. The average Bonchev–Trinajstić information content (AvgIpc) is 2.47. The molecule has 0 saturated heterocycles. The third-order valence-corrected chi connectivity index (χ3v) is 6.14. The van der Waals surface area contributed by atoms with E-state index in [1.54, 1.807) is 6.07 Å². The van der Waals surface area contributed by atoms with Gasteiger partial charge in [0.2, 0.25) is 10.0 Å². The van der Waals surface area contributed by atoms with Crippen LogP contribution in [-0.2, 0) is 10.0 Å². The van der Waals surface area contributed by atoms with Crippen LogP contribution in [0.3, 0.4) is 0 Å². The Kier molecular flexibility index (Phi) is 4.39. The van der Waals surface area contributed by atoms with Gasteiger partial charge in [0.05, 0.1) is 0 Å². The van der Waals surface area contributed by atoms with E-state index in [9.17, 15) is 21.6 Å². The van der Waals surface area contributed by atoms with E-state index in [0.29, 0.717) is 17.7 Å². The number of fused-ring (bicyclic) bond motifs is 1. The lowest BCUT2D eigenvalue weighted by atomic mass is 10.0. The molecule has 23 heavy (non-hydrogen) atoms. The predicted molar refractivity (Wildman–Crippen MR) is 81.2 cm³/mol. The highest BCUT2D eigenvalue weighted by molar-refractivity contribution is 7.99. The molecule has 3 rings (SSSR count). The summed E-state index contributed by atoms with van der Waals surface area (Å²) >= 11 is 1.48. The molecular formula is C15H12F3NO2S2. The normalized spacial score (nSPS) is 17.8. The maximum absolute atomic E-state index is 13.7. The molecule has 0 saturated carbocycles. The van der Waals surface area contributed by atoms with Crippen molar-refractivity contribution in [1.82, 2.24) is 4.72 Å². The molecule has 0 bridgehead atoms. The standard InChI is InChI=1S/C15H12F3NO2S2/c16-9-4-5-14-10(8-9)13(6-7-22-14)19-23(20,21)15-11(17)2-1-3-12(15)18/h1-5,8,13,19H,6-7H2. The van der Waals surface area contributed by atoms with Gasteiger partial charge in [-0.2, -0.15) is 0 Å². The van der Waals surface area contributed by atoms with E-state index in [1.165, 1.54) is 23.9 Å². The van der Waals surface area contributed by atoms with Gasteiger partial charge in [0.25, 0.3) is 0 Å². The molecule has 1 N–H and O–H groups in total. The molecule has 1 aliphatic heterocycles. The fraction of sp³-hybridized carbons (Fsp3) is 0.200. The lowest BCUT2D eigenvalue weighted by Gasteiger charge is -2.26. The Labute approximate surface area is 136 Å². The molecule has 0 fully saturated rings. The Hall–Kier alpha value is -1.51. The van der Waals surface area contributed by atoms with Gasteiger partial charge in [-0.1, -0.05) is 6.07 Å². The highest BCUT2D eigenvalue weighted by Gasteiger charge is 2.30. The number of rotatable bonds is 3. The van der Waals surface area contributed by atoms with Crippen LogP contribution >= 0.6 is 11.8 Å². The molecule has 8 heteroatoms. The summed E-state index contributed by atoms with van der Waals surface area (Å²) in [5.74, 6) is -2.21. The van der Waals surface area contributed by atoms with E-state index < -0.39 is 38.4 Å². The summed E-state index contributed by atoms with van der Waals surface area (Å²) in [6, 6.07) is 6.21. The lowest BCUT2D eigenvalue weighted by molar-refractivity contribution is 0.501. The van der Waals surface area contributed by atoms with Crippen molar-refractivity contribution in [2.45, 2.75) is 22.3 Å². The van der Waals surface area contributed by atoms with Crippen molar-refractivity contribution in [2.75, 3.05) is 5.75 Å². The smallest absolute Gasteiger partial charge is 0.207 e. The summed E-state index contributed by atoms with van der Waals surface area (Å²) < 4.78 is 67.9. The van der Waals surface area contributed by atoms with Crippen LogP contribution in [0.15, 0.2) is 46.2 Å². The molecule has 122 valence electrons. The van der Waals surface area contributed by atoms with Crippen LogP contribution in [0.25, 0.3) is 0 Å². The second kappa shape index (κ2) is 6.18. The van der Waals surface area contributed by atoms with Crippen molar-refractivity contribution in [3.8, 4) is 0 Å². The van der Waals surface area contributed by atoms with Gasteiger partial charge >= 0.3 is 0 Å². The van der Waals surface area contributed by atoms with Gasteiger partial charge in [0.15, 0.2) is 4.90 Å². The molecular weight excluding hydrogens is 347 g/mol. The van der Waals surface area contributed by atoms with E-state index in [0.717, 1.165) is 23.1 Å². The zero-order chi connectivity index (χ0) is 16.6. The van der Waals surface area contributed by atoms with Gasteiger partial charge in [-0.3, -0.25) is 0 Å². The molecule has 0 amide bonds. The maximum Gasteiger partial charge on any atom is 0.246 e. The summed E-state index contributed by atoms with van der Waals surface area (Å²) in [6.07, 6.45) is 0.399. The van der Waals surface area contributed by atoms with Crippen LogP contribution in [0.5, 0.6) is 0 Å². The minimum atomic E-state index is -4.41. The molecule has 0 aliphatic carbocycles. The topological polar surface area (TPSA) is 46.2 Å². The van der Waals surface area contributed by atoms with Crippen LogP contribution in [-0.4, -0.2) is 14.2 Å². The first-order valence-electron chi connectivity index (χ1n) is 6.77. The lowest BCUT2D eigenvalue weighted by Crippen LogP contribution is -2.32. The van der Waals surface area contributed by atoms with E-state index >= 15 is 0 Å². The number of sulfonamides is 1. The second-order valence-corrected chi connectivity index (χ2v) is 7.83. The molecule has 0 spiro atoms. The maximum atomic E-state index is 13.7. The van der Waals surface area contributed by atoms with Crippen molar-refractivity contribution >= 4 is 21.8 Å².